The average Bonchev–Trinajstić information content (AvgIpc) is 3.01. The van der Waals surface area contributed by atoms with Crippen LogP contribution in [0.1, 0.15) is 25.0 Å². The van der Waals surface area contributed by atoms with E-state index < -0.39 is 9.84 Å². The standard InChI is InChI=1S/C15H23N3O3S/c1-18(10-14-3-2-7-21-14)15(17-13-4-5-13)16-9-12-6-8-22(19,20)11-12/h2-3,7,12-13H,4-6,8-11H2,1H3,(H,16,17). The van der Waals surface area contributed by atoms with E-state index >= 15 is 0 Å². The number of guanidine groups is 1. The van der Waals surface area contributed by atoms with Crippen LogP contribution in [0.5, 0.6) is 0 Å². The first-order valence-corrected chi connectivity index (χ1v) is 9.59. The molecule has 1 saturated carbocycles. The predicted octanol–water partition coefficient (Wildman–Crippen LogP) is 1.25. The second-order valence-electron chi connectivity index (χ2n) is 6.29. The van der Waals surface area contributed by atoms with Crippen LogP contribution in [0.2, 0.25) is 0 Å². The van der Waals surface area contributed by atoms with Crippen LogP contribution in [0.4, 0.5) is 0 Å². The van der Waals surface area contributed by atoms with Gasteiger partial charge in [-0.25, -0.2) is 8.42 Å². The summed E-state index contributed by atoms with van der Waals surface area (Å²) in [5.74, 6) is 2.45. The maximum absolute atomic E-state index is 11.5. The Morgan fingerprint density at radius 2 is 2.27 bits per heavy atom. The molecule has 22 heavy (non-hydrogen) atoms. The molecule has 3 rings (SSSR count). The molecule has 1 aromatic heterocycles. The van der Waals surface area contributed by atoms with Crippen LogP contribution in [0.3, 0.4) is 0 Å². The maximum atomic E-state index is 11.5. The van der Waals surface area contributed by atoms with Crippen molar-refractivity contribution in [1.82, 2.24) is 10.2 Å². The second-order valence-corrected chi connectivity index (χ2v) is 8.52. The number of nitrogens with one attached hydrogen (secondary N) is 1. The average molecular weight is 325 g/mol. The lowest BCUT2D eigenvalue weighted by atomic mass is 10.1. The molecular formula is C15H23N3O3S. The minimum Gasteiger partial charge on any atom is -0.467 e. The van der Waals surface area contributed by atoms with Gasteiger partial charge in [-0.2, -0.15) is 0 Å². The Labute approximate surface area is 131 Å². The Balaban J connectivity index is 1.62. The van der Waals surface area contributed by atoms with Crippen LogP contribution in [0.25, 0.3) is 0 Å². The van der Waals surface area contributed by atoms with Crippen LogP contribution >= 0.6 is 0 Å². The topological polar surface area (TPSA) is 74.9 Å². The third-order valence-electron chi connectivity index (χ3n) is 4.07. The number of sulfone groups is 1. The van der Waals surface area contributed by atoms with Crippen molar-refractivity contribution in [1.29, 1.82) is 0 Å². The fourth-order valence-electron chi connectivity index (χ4n) is 2.63. The fourth-order valence-corrected chi connectivity index (χ4v) is 4.48. The number of nitrogens with zero attached hydrogens (tertiary/aromatic N) is 2. The Morgan fingerprint density at radius 3 is 2.86 bits per heavy atom. The van der Waals surface area contributed by atoms with Gasteiger partial charge in [0.05, 0.1) is 24.3 Å². The second kappa shape index (κ2) is 6.32. The van der Waals surface area contributed by atoms with Crippen molar-refractivity contribution < 1.29 is 12.8 Å². The van der Waals surface area contributed by atoms with E-state index in [4.69, 9.17) is 4.42 Å². The van der Waals surface area contributed by atoms with E-state index in [1.807, 2.05) is 24.1 Å². The van der Waals surface area contributed by atoms with E-state index in [1.54, 1.807) is 6.26 Å². The summed E-state index contributed by atoms with van der Waals surface area (Å²) in [7, 11) is -0.859. The highest BCUT2D eigenvalue weighted by molar-refractivity contribution is 7.91. The molecule has 0 radical (unpaired) electrons. The quantitative estimate of drug-likeness (QED) is 0.651. The molecule has 1 atom stereocenters. The van der Waals surface area contributed by atoms with Gasteiger partial charge in [0, 0.05) is 19.6 Å². The molecule has 0 amide bonds. The van der Waals surface area contributed by atoms with Gasteiger partial charge in [-0.3, -0.25) is 4.99 Å². The van der Waals surface area contributed by atoms with Crippen LogP contribution in [0, 0.1) is 5.92 Å². The van der Waals surface area contributed by atoms with Crippen LogP contribution < -0.4 is 5.32 Å². The molecule has 0 aromatic carbocycles. The molecular weight excluding hydrogens is 302 g/mol. The van der Waals surface area contributed by atoms with Crippen molar-refractivity contribution in [3.05, 3.63) is 24.2 Å². The van der Waals surface area contributed by atoms with Gasteiger partial charge in [0.2, 0.25) is 0 Å². The number of hydrogen-bond donors (Lipinski definition) is 1. The normalized spacial score (nSPS) is 24.4. The molecule has 2 heterocycles. The molecule has 2 fully saturated rings. The minimum absolute atomic E-state index is 0.151. The third-order valence-corrected chi connectivity index (χ3v) is 5.91. The van der Waals surface area contributed by atoms with Crippen molar-refractivity contribution in [3.8, 4) is 0 Å². The molecule has 0 bridgehead atoms. The van der Waals surface area contributed by atoms with E-state index in [2.05, 4.69) is 10.3 Å². The van der Waals surface area contributed by atoms with Crippen molar-refractivity contribution >= 4 is 15.8 Å². The lowest BCUT2D eigenvalue weighted by Crippen LogP contribution is -2.40. The zero-order valence-corrected chi connectivity index (χ0v) is 13.7. The first-order chi connectivity index (χ1) is 10.5. The van der Waals surface area contributed by atoms with Crippen molar-refractivity contribution in [2.75, 3.05) is 25.1 Å². The van der Waals surface area contributed by atoms with Crippen LogP contribution in [-0.2, 0) is 16.4 Å². The third kappa shape index (κ3) is 4.25. The highest BCUT2D eigenvalue weighted by atomic mass is 32.2. The molecule has 7 heteroatoms. The SMILES string of the molecule is CN(Cc1ccco1)C(=NCC1CCS(=O)(=O)C1)NC1CC1. The lowest BCUT2D eigenvalue weighted by molar-refractivity contribution is 0.398. The molecule has 1 saturated heterocycles. The molecule has 1 aliphatic carbocycles. The Morgan fingerprint density at radius 1 is 1.45 bits per heavy atom. The maximum Gasteiger partial charge on any atom is 0.194 e. The van der Waals surface area contributed by atoms with Gasteiger partial charge in [-0.1, -0.05) is 0 Å². The Hall–Kier alpha value is -1.50. The summed E-state index contributed by atoms with van der Waals surface area (Å²) < 4.78 is 28.4. The summed E-state index contributed by atoms with van der Waals surface area (Å²) in [6, 6.07) is 4.32. The van der Waals surface area contributed by atoms with E-state index in [-0.39, 0.29) is 11.7 Å². The lowest BCUT2D eigenvalue weighted by Gasteiger charge is -2.22. The fraction of sp³-hybridized carbons (Fsp3) is 0.667. The van der Waals surface area contributed by atoms with Gasteiger partial charge in [0.25, 0.3) is 0 Å². The van der Waals surface area contributed by atoms with Crippen molar-refractivity contribution in [2.24, 2.45) is 10.9 Å². The van der Waals surface area contributed by atoms with E-state index in [9.17, 15) is 8.42 Å². The zero-order chi connectivity index (χ0) is 15.6. The molecule has 1 unspecified atom stereocenters. The van der Waals surface area contributed by atoms with Gasteiger partial charge in [-0.15, -0.1) is 0 Å². The zero-order valence-electron chi connectivity index (χ0n) is 12.9. The van der Waals surface area contributed by atoms with Gasteiger partial charge in [0.15, 0.2) is 15.8 Å². The summed E-state index contributed by atoms with van der Waals surface area (Å²) in [6.07, 6.45) is 4.74. The highest BCUT2D eigenvalue weighted by Gasteiger charge is 2.28. The summed E-state index contributed by atoms with van der Waals surface area (Å²) >= 11 is 0. The number of hydrogen-bond acceptors (Lipinski definition) is 4. The van der Waals surface area contributed by atoms with Crippen LogP contribution in [-0.4, -0.2) is 50.4 Å². The van der Waals surface area contributed by atoms with Gasteiger partial charge >= 0.3 is 0 Å². The van der Waals surface area contributed by atoms with Crippen molar-refractivity contribution in [2.45, 2.75) is 31.8 Å². The van der Waals surface area contributed by atoms with E-state index in [0.717, 1.165) is 18.1 Å². The number of furan rings is 1. The molecule has 1 aromatic rings. The van der Waals surface area contributed by atoms with Crippen molar-refractivity contribution in [3.63, 3.8) is 0 Å². The first kappa shape index (κ1) is 15.4. The minimum atomic E-state index is -2.83. The molecule has 1 N–H and O–H groups in total. The van der Waals surface area contributed by atoms with Gasteiger partial charge < -0.3 is 14.6 Å². The molecule has 2 aliphatic rings. The summed E-state index contributed by atoms with van der Waals surface area (Å²) in [5.41, 5.74) is 0. The summed E-state index contributed by atoms with van der Waals surface area (Å²) in [6.45, 7) is 1.21. The Bertz CT molecular complexity index is 620. The Kier molecular flexibility index (Phi) is 4.42. The van der Waals surface area contributed by atoms with Crippen LogP contribution in [0.15, 0.2) is 27.8 Å². The highest BCUT2D eigenvalue weighted by Crippen LogP contribution is 2.21. The summed E-state index contributed by atoms with van der Waals surface area (Å²) in [5, 5.41) is 3.43. The van der Waals surface area contributed by atoms with Gasteiger partial charge in [-0.05, 0) is 37.3 Å². The van der Waals surface area contributed by atoms with E-state index in [0.29, 0.717) is 24.9 Å². The number of rotatable bonds is 5. The number of aliphatic imine (C=N–C) groups is 1. The largest absolute Gasteiger partial charge is 0.467 e. The molecule has 6 nitrogen and oxygen atoms in total. The monoisotopic (exact) mass is 325 g/mol. The predicted molar refractivity (Wildman–Crippen MR) is 85.4 cm³/mol. The van der Waals surface area contributed by atoms with Gasteiger partial charge in [0.1, 0.15) is 5.76 Å². The molecule has 0 spiro atoms. The first-order valence-electron chi connectivity index (χ1n) is 7.77. The smallest absolute Gasteiger partial charge is 0.194 e. The molecule has 122 valence electrons. The molecule has 1 aliphatic heterocycles. The summed E-state index contributed by atoms with van der Waals surface area (Å²) in [4.78, 5) is 6.69. The van der Waals surface area contributed by atoms with E-state index in [1.165, 1.54) is 12.8 Å².